The van der Waals surface area contributed by atoms with Crippen LogP contribution in [0.4, 0.5) is 4.79 Å². The summed E-state index contributed by atoms with van der Waals surface area (Å²) < 4.78 is 5.99. The van der Waals surface area contributed by atoms with E-state index in [2.05, 4.69) is 0 Å². The van der Waals surface area contributed by atoms with E-state index in [1.165, 1.54) is 6.07 Å². The highest BCUT2D eigenvalue weighted by Crippen LogP contribution is 2.18. The number of nitrogens with one attached hydrogen (secondary N) is 1. The van der Waals surface area contributed by atoms with Crippen molar-refractivity contribution in [1.82, 2.24) is 9.88 Å². The first-order valence-corrected chi connectivity index (χ1v) is 5.23. The van der Waals surface area contributed by atoms with Crippen LogP contribution in [0.15, 0.2) is 27.4 Å². The van der Waals surface area contributed by atoms with Crippen LogP contribution < -0.4 is 16.8 Å². The zero-order valence-electron chi connectivity index (χ0n) is 8.97. The van der Waals surface area contributed by atoms with Crippen molar-refractivity contribution in [3.63, 3.8) is 0 Å². The molecule has 0 saturated heterocycles. The molecule has 0 aliphatic heterocycles. The van der Waals surface area contributed by atoms with Gasteiger partial charge in [0.15, 0.2) is 5.58 Å². The molecule has 0 saturated carbocycles. The summed E-state index contributed by atoms with van der Waals surface area (Å²) in [7, 11) is 0. The van der Waals surface area contributed by atoms with Gasteiger partial charge in [-0.3, -0.25) is 14.7 Å². The minimum absolute atomic E-state index is 0.263. The van der Waals surface area contributed by atoms with Gasteiger partial charge < -0.3 is 10.2 Å². The van der Waals surface area contributed by atoms with Crippen molar-refractivity contribution in [1.29, 1.82) is 0 Å². The lowest BCUT2D eigenvalue weighted by molar-refractivity contribution is -0.120. The highest BCUT2D eigenvalue weighted by atomic mass is 35.5. The van der Waals surface area contributed by atoms with Gasteiger partial charge in [0.2, 0.25) is 5.91 Å². The van der Waals surface area contributed by atoms with E-state index < -0.39 is 17.7 Å². The molecule has 3 N–H and O–H groups in total. The van der Waals surface area contributed by atoms with Gasteiger partial charge in [0.05, 0.1) is 5.52 Å². The first-order chi connectivity index (χ1) is 8.47. The molecular formula is C10H8ClN3O4. The quantitative estimate of drug-likeness (QED) is 0.825. The van der Waals surface area contributed by atoms with Gasteiger partial charge in [0.1, 0.15) is 6.54 Å². The topological polar surface area (TPSA) is 107 Å². The lowest BCUT2D eigenvalue weighted by atomic mass is 10.3. The zero-order chi connectivity index (χ0) is 13.3. The molecule has 0 aliphatic rings. The molecule has 3 amide bonds. The first kappa shape index (κ1) is 12.2. The fourth-order valence-electron chi connectivity index (χ4n) is 1.51. The second-order valence-corrected chi connectivity index (χ2v) is 3.92. The predicted molar refractivity (Wildman–Crippen MR) is 63.2 cm³/mol. The van der Waals surface area contributed by atoms with E-state index in [1.54, 1.807) is 12.1 Å². The second kappa shape index (κ2) is 4.53. The van der Waals surface area contributed by atoms with Gasteiger partial charge in [-0.15, -0.1) is 0 Å². The molecule has 1 aromatic carbocycles. The highest BCUT2D eigenvalue weighted by molar-refractivity contribution is 6.31. The molecule has 0 aliphatic carbocycles. The summed E-state index contributed by atoms with van der Waals surface area (Å²) in [5.41, 5.74) is 5.46. The summed E-state index contributed by atoms with van der Waals surface area (Å²) in [6, 6.07) is 3.58. The molecular weight excluding hydrogens is 262 g/mol. The number of halogens is 1. The van der Waals surface area contributed by atoms with Gasteiger partial charge >= 0.3 is 11.8 Å². The van der Waals surface area contributed by atoms with Gasteiger partial charge in [-0.25, -0.2) is 9.59 Å². The number of oxazole rings is 1. The summed E-state index contributed by atoms with van der Waals surface area (Å²) in [5, 5.41) is 2.26. The normalized spacial score (nSPS) is 10.5. The van der Waals surface area contributed by atoms with Crippen molar-refractivity contribution in [3.8, 4) is 0 Å². The Morgan fingerprint density at radius 1 is 1.44 bits per heavy atom. The molecule has 0 fully saturated rings. The van der Waals surface area contributed by atoms with Crippen LogP contribution in [0.5, 0.6) is 0 Å². The van der Waals surface area contributed by atoms with Crippen LogP contribution >= 0.6 is 11.6 Å². The Bertz CT molecular complexity index is 688. The standard InChI is InChI=1S/C10H8ClN3O4/c11-5-1-2-6-7(3-5)18-10(17)14(6)4-8(15)13-9(12)16/h1-3H,4H2,(H3,12,13,15,16). The number of hydrogen-bond acceptors (Lipinski definition) is 4. The number of rotatable bonds is 2. The zero-order valence-corrected chi connectivity index (χ0v) is 9.73. The molecule has 18 heavy (non-hydrogen) atoms. The summed E-state index contributed by atoms with van der Waals surface area (Å²) >= 11 is 5.74. The van der Waals surface area contributed by atoms with E-state index in [4.69, 9.17) is 21.8 Å². The van der Waals surface area contributed by atoms with Crippen molar-refractivity contribution in [2.24, 2.45) is 5.73 Å². The smallest absolute Gasteiger partial charge is 0.408 e. The SMILES string of the molecule is NC(=O)NC(=O)Cn1c(=O)oc2cc(Cl)ccc21. The van der Waals surface area contributed by atoms with Crippen LogP contribution in [0.25, 0.3) is 11.1 Å². The number of amides is 3. The Morgan fingerprint density at radius 2 is 2.17 bits per heavy atom. The number of carbonyl (C=O) groups is 2. The summed E-state index contributed by atoms with van der Waals surface area (Å²) in [5.74, 6) is -1.42. The average Bonchev–Trinajstić information content (AvgIpc) is 2.53. The molecule has 0 unspecified atom stereocenters. The van der Waals surface area contributed by atoms with Gasteiger partial charge in [0.25, 0.3) is 0 Å². The van der Waals surface area contributed by atoms with Crippen LogP contribution in [0.1, 0.15) is 0 Å². The van der Waals surface area contributed by atoms with Gasteiger partial charge in [0, 0.05) is 11.1 Å². The molecule has 0 bridgehead atoms. The second-order valence-electron chi connectivity index (χ2n) is 3.48. The van der Waals surface area contributed by atoms with E-state index in [0.29, 0.717) is 10.5 Å². The molecule has 8 heteroatoms. The number of aromatic nitrogens is 1. The molecule has 94 valence electrons. The van der Waals surface area contributed by atoms with E-state index in [-0.39, 0.29) is 12.1 Å². The highest BCUT2D eigenvalue weighted by Gasteiger charge is 2.13. The molecule has 2 rings (SSSR count). The van der Waals surface area contributed by atoms with Crippen LogP contribution in [0, 0.1) is 0 Å². The third-order valence-electron chi connectivity index (χ3n) is 2.19. The summed E-state index contributed by atoms with van der Waals surface area (Å²) in [4.78, 5) is 33.4. The number of imide groups is 1. The number of primary amides is 1. The number of urea groups is 1. The Morgan fingerprint density at radius 3 is 2.83 bits per heavy atom. The number of benzene rings is 1. The molecule has 1 heterocycles. The first-order valence-electron chi connectivity index (χ1n) is 4.85. The molecule has 2 aromatic rings. The van der Waals surface area contributed by atoms with Crippen LogP contribution in [0.3, 0.4) is 0 Å². The maximum absolute atomic E-state index is 11.5. The number of hydrogen-bond donors (Lipinski definition) is 2. The largest absolute Gasteiger partial charge is 0.420 e. The van der Waals surface area contributed by atoms with E-state index in [9.17, 15) is 14.4 Å². The lowest BCUT2D eigenvalue weighted by Crippen LogP contribution is -2.38. The van der Waals surface area contributed by atoms with Gasteiger partial charge in [-0.1, -0.05) is 11.6 Å². The van der Waals surface area contributed by atoms with Crippen molar-refractivity contribution in [2.45, 2.75) is 6.54 Å². The van der Waals surface area contributed by atoms with Crippen LogP contribution in [-0.2, 0) is 11.3 Å². The average molecular weight is 270 g/mol. The van der Waals surface area contributed by atoms with Gasteiger partial charge in [-0.05, 0) is 12.1 Å². The fourth-order valence-corrected chi connectivity index (χ4v) is 1.67. The summed E-state index contributed by atoms with van der Waals surface area (Å²) in [6.45, 7) is -0.365. The van der Waals surface area contributed by atoms with Gasteiger partial charge in [-0.2, -0.15) is 0 Å². The third-order valence-corrected chi connectivity index (χ3v) is 2.43. The molecule has 0 spiro atoms. The molecule has 0 atom stereocenters. The maximum Gasteiger partial charge on any atom is 0.420 e. The van der Waals surface area contributed by atoms with Crippen molar-refractivity contribution in [2.75, 3.05) is 0 Å². The monoisotopic (exact) mass is 269 g/mol. The van der Waals surface area contributed by atoms with Crippen LogP contribution in [0.2, 0.25) is 5.02 Å². The summed E-state index contributed by atoms with van der Waals surface area (Å²) in [6.07, 6.45) is 0. The predicted octanol–water partition coefficient (Wildman–Crippen LogP) is 0.443. The molecule has 7 nitrogen and oxygen atoms in total. The number of nitrogens with two attached hydrogens (primary N) is 1. The molecule has 1 aromatic heterocycles. The minimum atomic E-state index is -0.983. The Balaban J connectivity index is 2.39. The fraction of sp³-hybridized carbons (Fsp3) is 0.100. The van der Waals surface area contributed by atoms with Crippen molar-refractivity contribution < 1.29 is 14.0 Å². The minimum Gasteiger partial charge on any atom is -0.408 e. The number of carbonyl (C=O) groups excluding carboxylic acids is 2. The van der Waals surface area contributed by atoms with E-state index >= 15 is 0 Å². The van der Waals surface area contributed by atoms with Crippen molar-refractivity contribution in [3.05, 3.63) is 33.8 Å². The van der Waals surface area contributed by atoms with Crippen LogP contribution in [-0.4, -0.2) is 16.5 Å². The third kappa shape index (κ3) is 2.35. The number of nitrogens with zero attached hydrogens (tertiary/aromatic N) is 1. The van der Waals surface area contributed by atoms with E-state index in [1.807, 2.05) is 5.32 Å². The van der Waals surface area contributed by atoms with Crippen molar-refractivity contribution >= 4 is 34.6 Å². The Hall–Kier alpha value is -2.28. The Labute approximate surface area is 105 Å². The lowest BCUT2D eigenvalue weighted by Gasteiger charge is -2.01. The molecule has 0 radical (unpaired) electrons. The maximum atomic E-state index is 11.5. The number of fused-ring (bicyclic) bond motifs is 1. The Kier molecular flexibility index (Phi) is 3.07. The van der Waals surface area contributed by atoms with E-state index in [0.717, 1.165) is 4.57 Å².